The van der Waals surface area contributed by atoms with Crippen molar-refractivity contribution in [3.8, 4) is 0 Å². The Kier molecular flexibility index (Phi) is 5.06. The van der Waals surface area contributed by atoms with Crippen LogP contribution in [0.4, 0.5) is 0 Å². The Morgan fingerprint density at radius 3 is 2.73 bits per heavy atom. The second-order valence-corrected chi connectivity index (χ2v) is 4.74. The molecule has 1 unspecified atom stereocenters. The van der Waals surface area contributed by atoms with E-state index in [0.717, 1.165) is 24.3 Å². The van der Waals surface area contributed by atoms with E-state index in [1.807, 2.05) is 6.07 Å². The van der Waals surface area contributed by atoms with Crippen molar-refractivity contribution < 1.29 is 0 Å². The van der Waals surface area contributed by atoms with Crippen LogP contribution >= 0.6 is 11.6 Å². The Morgan fingerprint density at radius 1 is 1.40 bits per heavy atom. The number of nitrogens with two attached hydrogens (primary N) is 1. The van der Waals surface area contributed by atoms with Gasteiger partial charge in [-0.2, -0.15) is 0 Å². The van der Waals surface area contributed by atoms with Crippen molar-refractivity contribution in [3.05, 3.63) is 29.0 Å². The molecule has 0 aliphatic rings. The molecule has 1 aromatic rings. The van der Waals surface area contributed by atoms with Crippen LogP contribution in [0.3, 0.4) is 0 Å². The number of pyridine rings is 1. The van der Waals surface area contributed by atoms with Crippen molar-refractivity contribution in [1.82, 2.24) is 4.98 Å². The first-order valence-electron chi connectivity index (χ1n) is 5.46. The number of nitrogens with zero attached hydrogens (tertiary/aromatic N) is 1. The average Bonchev–Trinajstić information content (AvgIpc) is 2.17. The Hall–Kier alpha value is -0.600. The predicted molar refractivity (Wildman–Crippen MR) is 64.9 cm³/mol. The SMILES string of the molecule is CC(C)CCCC(N)c1ccncc1Cl. The van der Waals surface area contributed by atoms with Crippen molar-refractivity contribution in [2.45, 2.75) is 39.2 Å². The van der Waals surface area contributed by atoms with E-state index in [0.29, 0.717) is 5.02 Å². The van der Waals surface area contributed by atoms with Crippen LogP contribution in [0.25, 0.3) is 0 Å². The minimum absolute atomic E-state index is 0.0410. The van der Waals surface area contributed by atoms with Gasteiger partial charge in [-0.05, 0) is 24.0 Å². The van der Waals surface area contributed by atoms with Gasteiger partial charge in [-0.25, -0.2) is 0 Å². The van der Waals surface area contributed by atoms with E-state index in [1.165, 1.54) is 6.42 Å². The zero-order valence-electron chi connectivity index (χ0n) is 9.41. The molecule has 1 atom stereocenters. The first-order chi connectivity index (χ1) is 7.11. The van der Waals surface area contributed by atoms with Gasteiger partial charge >= 0.3 is 0 Å². The summed E-state index contributed by atoms with van der Waals surface area (Å²) in [5.74, 6) is 0.741. The van der Waals surface area contributed by atoms with Crippen LogP contribution in [0, 0.1) is 5.92 Å². The monoisotopic (exact) mass is 226 g/mol. The molecule has 0 saturated carbocycles. The lowest BCUT2D eigenvalue weighted by atomic mass is 9.99. The molecule has 1 aromatic heterocycles. The van der Waals surface area contributed by atoms with E-state index in [9.17, 15) is 0 Å². The fourth-order valence-electron chi connectivity index (χ4n) is 1.59. The van der Waals surface area contributed by atoms with Gasteiger partial charge in [-0.3, -0.25) is 4.98 Å². The van der Waals surface area contributed by atoms with E-state index in [2.05, 4.69) is 18.8 Å². The smallest absolute Gasteiger partial charge is 0.0637 e. The Balaban J connectivity index is 2.47. The van der Waals surface area contributed by atoms with Crippen molar-refractivity contribution >= 4 is 11.6 Å². The molecule has 0 aromatic carbocycles. The summed E-state index contributed by atoms with van der Waals surface area (Å²) in [4.78, 5) is 3.95. The quantitative estimate of drug-likeness (QED) is 0.834. The van der Waals surface area contributed by atoms with Crippen LogP contribution in [0.1, 0.15) is 44.7 Å². The molecule has 0 fully saturated rings. The average molecular weight is 227 g/mol. The summed E-state index contributed by atoms with van der Waals surface area (Å²) >= 11 is 6.02. The standard InChI is InChI=1S/C12H19ClN2/c1-9(2)4-3-5-12(14)10-6-7-15-8-11(10)13/h6-9,12H,3-5,14H2,1-2H3. The number of rotatable bonds is 5. The number of hydrogen-bond acceptors (Lipinski definition) is 2. The maximum absolute atomic E-state index is 6.07. The first kappa shape index (κ1) is 12.5. The molecule has 15 heavy (non-hydrogen) atoms. The van der Waals surface area contributed by atoms with Crippen LogP contribution in [0.5, 0.6) is 0 Å². The lowest BCUT2D eigenvalue weighted by Crippen LogP contribution is -2.11. The van der Waals surface area contributed by atoms with E-state index in [-0.39, 0.29) is 6.04 Å². The van der Waals surface area contributed by atoms with Gasteiger partial charge in [0.05, 0.1) is 5.02 Å². The molecule has 0 amide bonds. The van der Waals surface area contributed by atoms with Gasteiger partial charge in [0.1, 0.15) is 0 Å². The molecule has 0 saturated heterocycles. The molecular formula is C12H19ClN2. The van der Waals surface area contributed by atoms with E-state index in [1.54, 1.807) is 12.4 Å². The summed E-state index contributed by atoms with van der Waals surface area (Å²) in [6.45, 7) is 4.45. The highest BCUT2D eigenvalue weighted by molar-refractivity contribution is 6.31. The predicted octanol–water partition coefficient (Wildman–Crippen LogP) is 3.56. The highest BCUT2D eigenvalue weighted by Gasteiger charge is 2.09. The number of halogens is 1. The normalized spacial score (nSPS) is 13.1. The molecule has 84 valence electrons. The van der Waals surface area contributed by atoms with Gasteiger partial charge in [-0.15, -0.1) is 0 Å². The molecule has 0 spiro atoms. The molecular weight excluding hydrogens is 208 g/mol. The summed E-state index contributed by atoms with van der Waals surface area (Å²) < 4.78 is 0. The molecule has 0 bridgehead atoms. The fourth-order valence-corrected chi connectivity index (χ4v) is 1.85. The summed E-state index contributed by atoms with van der Waals surface area (Å²) in [7, 11) is 0. The second-order valence-electron chi connectivity index (χ2n) is 4.33. The lowest BCUT2D eigenvalue weighted by molar-refractivity contribution is 0.505. The highest BCUT2D eigenvalue weighted by atomic mass is 35.5. The van der Waals surface area contributed by atoms with E-state index >= 15 is 0 Å². The third kappa shape index (κ3) is 4.18. The lowest BCUT2D eigenvalue weighted by Gasteiger charge is -2.13. The molecule has 3 heteroatoms. The molecule has 0 radical (unpaired) electrons. The van der Waals surface area contributed by atoms with Crippen LogP contribution in [-0.4, -0.2) is 4.98 Å². The van der Waals surface area contributed by atoms with Gasteiger partial charge in [0.2, 0.25) is 0 Å². The third-order valence-corrected chi connectivity index (χ3v) is 2.82. The summed E-state index contributed by atoms with van der Waals surface area (Å²) in [5.41, 5.74) is 7.08. The Morgan fingerprint density at radius 2 is 2.13 bits per heavy atom. The second kappa shape index (κ2) is 6.09. The summed E-state index contributed by atoms with van der Waals surface area (Å²) in [5, 5.41) is 0.676. The highest BCUT2D eigenvalue weighted by Crippen LogP contribution is 2.24. The fraction of sp³-hybridized carbons (Fsp3) is 0.583. The molecule has 1 rings (SSSR count). The molecule has 2 N–H and O–H groups in total. The minimum atomic E-state index is 0.0410. The zero-order valence-corrected chi connectivity index (χ0v) is 10.2. The largest absolute Gasteiger partial charge is 0.324 e. The van der Waals surface area contributed by atoms with Gasteiger partial charge < -0.3 is 5.73 Å². The molecule has 2 nitrogen and oxygen atoms in total. The summed E-state index contributed by atoms with van der Waals surface area (Å²) in [6, 6.07) is 1.95. The van der Waals surface area contributed by atoms with Crippen molar-refractivity contribution in [2.24, 2.45) is 11.7 Å². The summed E-state index contributed by atoms with van der Waals surface area (Å²) in [6.07, 6.45) is 6.75. The van der Waals surface area contributed by atoms with Crippen molar-refractivity contribution in [2.75, 3.05) is 0 Å². The maximum atomic E-state index is 6.07. The van der Waals surface area contributed by atoms with E-state index in [4.69, 9.17) is 17.3 Å². The van der Waals surface area contributed by atoms with E-state index < -0.39 is 0 Å². The number of aromatic nitrogens is 1. The van der Waals surface area contributed by atoms with Crippen LogP contribution < -0.4 is 5.73 Å². The van der Waals surface area contributed by atoms with Crippen molar-refractivity contribution in [1.29, 1.82) is 0 Å². The zero-order chi connectivity index (χ0) is 11.3. The Bertz CT molecular complexity index is 299. The van der Waals surface area contributed by atoms with Gasteiger partial charge in [0.15, 0.2) is 0 Å². The van der Waals surface area contributed by atoms with Crippen LogP contribution in [0.2, 0.25) is 5.02 Å². The van der Waals surface area contributed by atoms with Gasteiger partial charge in [0.25, 0.3) is 0 Å². The van der Waals surface area contributed by atoms with Crippen LogP contribution in [-0.2, 0) is 0 Å². The minimum Gasteiger partial charge on any atom is -0.324 e. The van der Waals surface area contributed by atoms with Gasteiger partial charge in [-0.1, -0.05) is 38.3 Å². The Labute approximate surface area is 96.8 Å². The topological polar surface area (TPSA) is 38.9 Å². The molecule has 1 heterocycles. The van der Waals surface area contributed by atoms with Crippen LogP contribution in [0.15, 0.2) is 18.5 Å². The van der Waals surface area contributed by atoms with Gasteiger partial charge in [0, 0.05) is 18.4 Å². The third-order valence-electron chi connectivity index (χ3n) is 2.50. The maximum Gasteiger partial charge on any atom is 0.0637 e. The molecule has 0 aliphatic carbocycles. The first-order valence-corrected chi connectivity index (χ1v) is 5.84. The molecule has 0 aliphatic heterocycles. The van der Waals surface area contributed by atoms with Crippen molar-refractivity contribution in [3.63, 3.8) is 0 Å². The number of hydrogen-bond donors (Lipinski definition) is 1.